The molecule has 1 heterocycles. The number of hydrogen-bond donors (Lipinski definition) is 1. The van der Waals surface area contributed by atoms with E-state index in [0.717, 1.165) is 22.2 Å². The first kappa shape index (κ1) is 21.8. The van der Waals surface area contributed by atoms with Gasteiger partial charge < -0.3 is 9.88 Å². The third-order valence-electron chi connectivity index (χ3n) is 5.31. The van der Waals surface area contributed by atoms with E-state index in [1.165, 1.54) is 28.5 Å². The number of anilines is 1. The van der Waals surface area contributed by atoms with Crippen molar-refractivity contribution >= 4 is 23.4 Å². The Labute approximate surface area is 192 Å². The maximum atomic E-state index is 12.6. The van der Waals surface area contributed by atoms with Crippen molar-refractivity contribution in [2.75, 3.05) is 11.1 Å². The van der Waals surface area contributed by atoms with Crippen LogP contribution >= 0.6 is 11.8 Å². The highest BCUT2D eigenvalue weighted by molar-refractivity contribution is 7.99. The molecule has 0 fully saturated rings. The molecule has 4 rings (SSSR count). The number of thioether (sulfide) groups is 1. The van der Waals surface area contributed by atoms with Gasteiger partial charge in [0, 0.05) is 12.1 Å². The monoisotopic (exact) mass is 442 g/mol. The molecule has 0 unspecified atom stereocenters. The Morgan fingerprint density at radius 2 is 1.56 bits per heavy atom. The van der Waals surface area contributed by atoms with Crippen LogP contribution in [-0.2, 0) is 17.8 Å². The van der Waals surface area contributed by atoms with Crippen molar-refractivity contribution in [2.24, 2.45) is 0 Å². The van der Waals surface area contributed by atoms with Gasteiger partial charge in [0.2, 0.25) is 5.91 Å². The van der Waals surface area contributed by atoms with Gasteiger partial charge in [0.15, 0.2) is 5.16 Å². The molecule has 0 atom stereocenters. The number of rotatable bonds is 8. The van der Waals surface area contributed by atoms with Gasteiger partial charge in [-0.3, -0.25) is 4.79 Å². The number of benzene rings is 3. The van der Waals surface area contributed by atoms with Crippen molar-refractivity contribution < 1.29 is 4.79 Å². The first-order chi connectivity index (χ1) is 15.6. The Morgan fingerprint density at radius 1 is 0.875 bits per heavy atom. The normalized spacial score (nSPS) is 10.8. The van der Waals surface area contributed by atoms with Crippen molar-refractivity contribution in [1.82, 2.24) is 14.8 Å². The summed E-state index contributed by atoms with van der Waals surface area (Å²) in [4.78, 5) is 12.6. The van der Waals surface area contributed by atoms with Gasteiger partial charge in [-0.05, 0) is 48.2 Å². The Balaban J connectivity index is 1.49. The Bertz CT molecular complexity index is 1190. The molecule has 3 aromatic carbocycles. The second-order valence-electron chi connectivity index (χ2n) is 7.77. The summed E-state index contributed by atoms with van der Waals surface area (Å²) in [6, 6.07) is 26.4. The summed E-state index contributed by atoms with van der Waals surface area (Å²) in [5, 5.41) is 12.6. The van der Waals surface area contributed by atoms with E-state index < -0.39 is 0 Å². The van der Waals surface area contributed by atoms with E-state index in [1.54, 1.807) is 0 Å². The van der Waals surface area contributed by atoms with Crippen LogP contribution in [0.2, 0.25) is 0 Å². The summed E-state index contributed by atoms with van der Waals surface area (Å²) >= 11 is 1.41. The molecule has 0 aliphatic carbocycles. The second-order valence-corrected chi connectivity index (χ2v) is 8.71. The zero-order valence-corrected chi connectivity index (χ0v) is 19.1. The van der Waals surface area contributed by atoms with Crippen LogP contribution in [0.1, 0.15) is 28.1 Å². The number of amides is 1. The molecular formula is C26H26N4OS. The maximum Gasteiger partial charge on any atom is 0.234 e. The van der Waals surface area contributed by atoms with E-state index in [9.17, 15) is 4.79 Å². The lowest BCUT2D eigenvalue weighted by Crippen LogP contribution is -2.15. The molecule has 0 aliphatic heterocycles. The van der Waals surface area contributed by atoms with Crippen LogP contribution in [0.5, 0.6) is 0 Å². The Morgan fingerprint density at radius 3 is 2.25 bits per heavy atom. The van der Waals surface area contributed by atoms with Crippen molar-refractivity contribution in [3.05, 3.63) is 107 Å². The summed E-state index contributed by atoms with van der Waals surface area (Å²) < 4.78 is 2.11. The molecule has 162 valence electrons. The van der Waals surface area contributed by atoms with Gasteiger partial charge >= 0.3 is 0 Å². The molecule has 6 heteroatoms. The van der Waals surface area contributed by atoms with Crippen LogP contribution < -0.4 is 5.32 Å². The molecule has 0 radical (unpaired) electrons. The standard InChI is InChI=1S/C26H26N4OS/c1-19-13-14-23(15-20(19)2)27-25(31)18-32-26-29-28-24(16-21-9-5-3-6-10-21)30(26)17-22-11-7-4-8-12-22/h3-15H,16-18H2,1-2H3,(H,27,31). The highest BCUT2D eigenvalue weighted by Crippen LogP contribution is 2.21. The number of carbonyl (C=O) groups is 1. The molecule has 0 spiro atoms. The van der Waals surface area contributed by atoms with Crippen LogP contribution in [0.3, 0.4) is 0 Å². The molecule has 0 aliphatic rings. The highest BCUT2D eigenvalue weighted by Gasteiger charge is 2.15. The van der Waals surface area contributed by atoms with E-state index in [1.807, 2.05) is 61.5 Å². The molecule has 0 bridgehead atoms. The van der Waals surface area contributed by atoms with Crippen LogP contribution in [0, 0.1) is 13.8 Å². The van der Waals surface area contributed by atoms with Crippen LogP contribution in [0.15, 0.2) is 84.0 Å². The minimum Gasteiger partial charge on any atom is -0.325 e. The highest BCUT2D eigenvalue weighted by atomic mass is 32.2. The fraction of sp³-hybridized carbons (Fsp3) is 0.192. The average Bonchev–Trinajstić information content (AvgIpc) is 3.17. The van der Waals surface area contributed by atoms with E-state index in [0.29, 0.717) is 13.0 Å². The lowest BCUT2D eigenvalue weighted by atomic mass is 10.1. The van der Waals surface area contributed by atoms with Crippen molar-refractivity contribution in [2.45, 2.75) is 32.0 Å². The van der Waals surface area contributed by atoms with Crippen molar-refractivity contribution in [3.8, 4) is 0 Å². The molecule has 5 nitrogen and oxygen atoms in total. The van der Waals surface area contributed by atoms with Gasteiger partial charge in [-0.1, -0.05) is 78.5 Å². The molecule has 4 aromatic rings. The zero-order valence-electron chi connectivity index (χ0n) is 18.3. The van der Waals surface area contributed by atoms with Crippen molar-refractivity contribution in [1.29, 1.82) is 0 Å². The smallest absolute Gasteiger partial charge is 0.234 e. The molecular weight excluding hydrogens is 416 g/mol. The van der Waals surface area contributed by atoms with Gasteiger partial charge in [-0.25, -0.2) is 0 Å². The maximum absolute atomic E-state index is 12.6. The molecule has 0 saturated carbocycles. The van der Waals surface area contributed by atoms with Gasteiger partial charge in [0.1, 0.15) is 5.82 Å². The van der Waals surface area contributed by atoms with Crippen LogP contribution in [0.25, 0.3) is 0 Å². The van der Waals surface area contributed by atoms with E-state index in [2.05, 4.69) is 51.3 Å². The number of aromatic nitrogens is 3. The molecule has 32 heavy (non-hydrogen) atoms. The summed E-state index contributed by atoms with van der Waals surface area (Å²) in [5.74, 6) is 1.10. The molecule has 1 aromatic heterocycles. The second kappa shape index (κ2) is 10.3. The lowest BCUT2D eigenvalue weighted by molar-refractivity contribution is -0.113. The SMILES string of the molecule is Cc1ccc(NC(=O)CSc2nnc(Cc3ccccc3)n2Cc2ccccc2)cc1C. The summed E-state index contributed by atoms with van der Waals surface area (Å²) in [5.41, 5.74) is 5.52. The largest absolute Gasteiger partial charge is 0.325 e. The van der Waals surface area contributed by atoms with Crippen molar-refractivity contribution in [3.63, 3.8) is 0 Å². The Kier molecular flexibility index (Phi) is 7.02. The van der Waals surface area contributed by atoms with E-state index >= 15 is 0 Å². The van der Waals surface area contributed by atoms with Gasteiger partial charge in [-0.2, -0.15) is 0 Å². The zero-order chi connectivity index (χ0) is 22.3. The summed E-state index contributed by atoms with van der Waals surface area (Å²) in [6.07, 6.45) is 0.691. The minimum atomic E-state index is -0.0582. The van der Waals surface area contributed by atoms with E-state index in [-0.39, 0.29) is 11.7 Å². The predicted octanol–water partition coefficient (Wildman–Crippen LogP) is 5.26. The molecule has 0 saturated heterocycles. The number of aryl methyl sites for hydroxylation is 2. The number of carbonyl (C=O) groups excluding carboxylic acids is 1. The topological polar surface area (TPSA) is 59.8 Å². The first-order valence-corrected chi connectivity index (χ1v) is 11.6. The fourth-order valence-corrected chi connectivity index (χ4v) is 4.16. The summed E-state index contributed by atoms with van der Waals surface area (Å²) in [7, 11) is 0. The number of nitrogens with zero attached hydrogens (tertiary/aromatic N) is 3. The number of nitrogens with one attached hydrogen (secondary N) is 1. The van der Waals surface area contributed by atoms with Gasteiger partial charge in [0.25, 0.3) is 0 Å². The van der Waals surface area contributed by atoms with Gasteiger partial charge in [-0.15, -0.1) is 10.2 Å². The van der Waals surface area contributed by atoms with Gasteiger partial charge in [0.05, 0.1) is 12.3 Å². The third kappa shape index (κ3) is 5.65. The minimum absolute atomic E-state index is 0.0582. The summed E-state index contributed by atoms with van der Waals surface area (Å²) in [6.45, 7) is 4.76. The van der Waals surface area contributed by atoms with Crippen LogP contribution in [0.4, 0.5) is 5.69 Å². The number of hydrogen-bond acceptors (Lipinski definition) is 4. The Hall–Kier alpha value is -3.38. The third-order valence-corrected chi connectivity index (χ3v) is 6.27. The van der Waals surface area contributed by atoms with E-state index in [4.69, 9.17) is 0 Å². The van der Waals surface area contributed by atoms with Crippen LogP contribution in [-0.4, -0.2) is 26.4 Å². The average molecular weight is 443 g/mol. The molecule has 1 amide bonds. The molecule has 1 N–H and O–H groups in total. The lowest BCUT2D eigenvalue weighted by Gasteiger charge is -2.11. The predicted molar refractivity (Wildman–Crippen MR) is 130 cm³/mol. The quantitative estimate of drug-likeness (QED) is 0.378. The first-order valence-electron chi connectivity index (χ1n) is 10.6. The fourth-order valence-electron chi connectivity index (χ4n) is 3.41.